The van der Waals surface area contributed by atoms with Gasteiger partial charge in [0.25, 0.3) is 0 Å². The molecule has 3 aliphatic carbocycles. The summed E-state index contributed by atoms with van der Waals surface area (Å²) in [6.45, 7) is 11.3. The van der Waals surface area contributed by atoms with Crippen LogP contribution in [0, 0.1) is 40.4 Å². The number of aliphatic hydroxyl groups excluding tert-OH is 1. The van der Waals surface area contributed by atoms with Crippen LogP contribution in [0.15, 0.2) is 36.0 Å². The smallest absolute Gasteiger partial charge is 0.466 e. The molecule has 10 heteroatoms. The number of ether oxygens (including phenoxy) is 2. The van der Waals surface area contributed by atoms with Crippen LogP contribution in [0.25, 0.3) is 0 Å². The number of halogens is 1. The van der Waals surface area contributed by atoms with Crippen LogP contribution >= 0.6 is 0 Å². The molecule has 0 radical (unpaired) electrons. The van der Waals surface area contributed by atoms with Crippen LogP contribution in [0.5, 0.6) is 5.75 Å². The summed E-state index contributed by atoms with van der Waals surface area (Å²) in [5.74, 6) is -2.52. The van der Waals surface area contributed by atoms with Gasteiger partial charge < -0.3 is 24.5 Å². The van der Waals surface area contributed by atoms with Crippen molar-refractivity contribution < 1.29 is 33.6 Å². The van der Waals surface area contributed by atoms with Crippen molar-refractivity contribution in [1.82, 2.24) is 4.92 Å². The van der Waals surface area contributed by atoms with Crippen molar-refractivity contribution in [1.29, 1.82) is 0 Å². The molecule has 216 valence electrons. The van der Waals surface area contributed by atoms with E-state index in [2.05, 4.69) is 11.7 Å². The molecule has 3 saturated carbocycles. The molecule has 1 aromatic rings. The van der Waals surface area contributed by atoms with Gasteiger partial charge in [0.05, 0.1) is 12.3 Å². The minimum atomic E-state index is -1.61. The summed E-state index contributed by atoms with van der Waals surface area (Å²) >= 11 is 0. The number of fused-ring (bicyclic) bond motifs is 1. The summed E-state index contributed by atoms with van der Waals surface area (Å²) in [4.78, 5) is 28.1. The molecule has 0 spiro atoms. The second-order valence-corrected chi connectivity index (χ2v) is 12.7. The molecule has 0 amide bonds. The zero-order valence-corrected chi connectivity index (χ0v) is 23.9. The van der Waals surface area contributed by atoms with Crippen LogP contribution in [0.3, 0.4) is 0 Å². The van der Waals surface area contributed by atoms with Crippen molar-refractivity contribution in [3.63, 3.8) is 0 Å². The maximum atomic E-state index is 15.5. The number of Topliss-reactive ketones (excluding diaryl/α,β-unsaturated/α-hetero) is 1. The van der Waals surface area contributed by atoms with Crippen molar-refractivity contribution >= 4 is 30.5 Å². The molecule has 0 aromatic heterocycles. The normalized spacial score (nSPS) is 40.5. The number of alkyl halides is 1. The Hall–Kier alpha value is -2.72. The minimum absolute atomic E-state index is 0.0237. The molecule has 1 aromatic carbocycles. The first-order valence-electron chi connectivity index (χ1n) is 14.3. The molecule has 1 heterocycles. The summed E-state index contributed by atoms with van der Waals surface area (Å²) < 4.78 is 27.3. The molecule has 10 atom stereocenters. The van der Waals surface area contributed by atoms with Gasteiger partial charge in [0.2, 0.25) is 0 Å². The quantitative estimate of drug-likeness (QED) is 0.328. The minimum Gasteiger partial charge on any atom is -0.482 e. The van der Waals surface area contributed by atoms with Gasteiger partial charge in [-0.3, -0.25) is 4.79 Å². The Labute approximate surface area is 235 Å². The highest BCUT2D eigenvalue weighted by Gasteiger charge is 2.69. The lowest BCUT2D eigenvalue weighted by atomic mass is 9.47. The van der Waals surface area contributed by atoms with Crippen molar-refractivity contribution in [2.75, 3.05) is 13.7 Å². The summed E-state index contributed by atoms with van der Waals surface area (Å²) in [5, 5.41) is 26.2. The average Bonchev–Trinajstić information content (AvgIpc) is 3.13. The lowest BCUT2D eigenvalue weighted by Crippen LogP contribution is -2.59. The van der Waals surface area contributed by atoms with Gasteiger partial charge in [-0.05, 0) is 59.7 Å². The van der Waals surface area contributed by atoms with E-state index in [0.29, 0.717) is 17.6 Å². The SMILES string of the molecule is C=C[C@]1(C)C[C@@H](OC(=O)COc2ccc3c(c2)B(O)N(C)N=C3)[C@H]2[C@H]3C(=O)[C@@H](F)C(C)[C@@]3(CC[C@@H]2C)[C@@H](C)[C@@H]1O. The monoisotopic (exact) mass is 554 g/mol. The molecule has 1 unspecified atom stereocenters. The van der Waals surface area contributed by atoms with Gasteiger partial charge in [-0.1, -0.05) is 39.8 Å². The largest absolute Gasteiger partial charge is 0.482 e. The van der Waals surface area contributed by atoms with Crippen LogP contribution in [-0.2, 0) is 14.3 Å². The fourth-order valence-electron chi connectivity index (χ4n) is 8.30. The number of ketones is 1. The number of benzene rings is 1. The first kappa shape index (κ1) is 28.8. The van der Waals surface area contributed by atoms with E-state index in [4.69, 9.17) is 9.47 Å². The van der Waals surface area contributed by atoms with Crippen molar-refractivity contribution in [2.24, 2.45) is 45.5 Å². The molecular weight excluding hydrogens is 514 g/mol. The number of rotatable bonds is 5. The number of hydrazone groups is 1. The lowest BCUT2D eigenvalue weighted by Gasteiger charge is -2.58. The van der Waals surface area contributed by atoms with E-state index >= 15 is 4.39 Å². The molecule has 2 N–H and O–H groups in total. The Balaban J connectivity index is 1.42. The molecule has 4 aliphatic rings. The number of hydrogen-bond donors (Lipinski definition) is 2. The standard InChI is InChI=1S/C30H40BFN2O6/c1-7-29(5)13-22(40-23(35)15-39-20-9-8-19-14-33-34(6)31(38)21(19)12-20)24-16(2)10-11-30(18(4)28(29)37)17(3)26(32)27(36)25(24)30/h7-9,12,14,16-18,22,24-26,28,37-38H,1,10-11,13,15H2,2-6H3/t16-,17?,18-,22+,24-,25-,26-,28-,29+,30-/m0/s1. The van der Waals surface area contributed by atoms with Crippen molar-refractivity contribution in [3.05, 3.63) is 36.4 Å². The fraction of sp³-hybridized carbons (Fsp3) is 0.633. The van der Waals surface area contributed by atoms with E-state index in [-0.39, 0.29) is 30.8 Å². The molecule has 0 saturated heterocycles. The van der Waals surface area contributed by atoms with Crippen LogP contribution in [0.4, 0.5) is 4.39 Å². The summed E-state index contributed by atoms with van der Waals surface area (Å²) in [6, 6.07) is 5.11. The fourth-order valence-corrected chi connectivity index (χ4v) is 8.30. The Kier molecular flexibility index (Phi) is 7.40. The third-order valence-electron chi connectivity index (χ3n) is 10.8. The predicted molar refractivity (Wildman–Crippen MR) is 150 cm³/mol. The summed E-state index contributed by atoms with van der Waals surface area (Å²) in [7, 11) is 0.718. The maximum absolute atomic E-state index is 15.5. The van der Waals surface area contributed by atoms with Crippen LogP contribution in [0.2, 0.25) is 0 Å². The summed E-state index contributed by atoms with van der Waals surface area (Å²) in [6.07, 6.45) is 1.79. The Morgan fingerprint density at radius 3 is 2.75 bits per heavy atom. The first-order chi connectivity index (χ1) is 18.9. The van der Waals surface area contributed by atoms with E-state index in [1.165, 1.54) is 4.92 Å². The second-order valence-electron chi connectivity index (χ2n) is 12.7. The number of carbonyl (C=O) groups is 2. The van der Waals surface area contributed by atoms with Gasteiger partial charge in [-0.25, -0.2) is 9.18 Å². The van der Waals surface area contributed by atoms with Gasteiger partial charge in [0.1, 0.15) is 11.9 Å². The van der Waals surface area contributed by atoms with E-state index in [1.54, 1.807) is 44.5 Å². The van der Waals surface area contributed by atoms with Crippen LogP contribution in [0.1, 0.15) is 52.5 Å². The second kappa shape index (κ2) is 10.3. The maximum Gasteiger partial charge on any atom is 0.466 e. The summed E-state index contributed by atoms with van der Waals surface area (Å²) in [5.41, 5.74) is -0.171. The zero-order valence-electron chi connectivity index (χ0n) is 23.9. The highest BCUT2D eigenvalue weighted by molar-refractivity contribution is 6.65. The lowest BCUT2D eigenvalue weighted by molar-refractivity contribution is -0.186. The van der Waals surface area contributed by atoms with E-state index < -0.39 is 59.8 Å². The van der Waals surface area contributed by atoms with Crippen LogP contribution < -0.4 is 10.2 Å². The molecule has 40 heavy (non-hydrogen) atoms. The van der Waals surface area contributed by atoms with Gasteiger partial charge in [-0.2, -0.15) is 5.10 Å². The Bertz CT molecular complexity index is 1230. The van der Waals surface area contributed by atoms with Gasteiger partial charge >= 0.3 is 13.0 Å². The molecule has 5 rings (SSSR count). The topological polar surface area (TPSA) is 109 Å². The molecule has 3 fully saturated rings. The number of esters is 1. The van der Waals surface area contributed by atoms with Gasteiger partial charge in [-0.15, -0.1) is 6.58 Å². The zero-order chi connectivity index (χ0) is 29.1. The Morgan fingerprint density at radius 2 is 2.05 bits per heavy atom. The third kappa shape index (κ3) is 4.29. The highest BCUT2D eigenvalue weighted by atomic mass is 19.1. The van der Waals surface area contributed by atoms with E-state index in [1.807, 2.05) is 20.8 Å². The van der Waals surface area contributed by atoms with Gasteiger partial charge in [0, 0.05) is 30.2 Å². The molecule has 2 bridgehead atoms. The van der Waals surface area contributed by atoms with Crippen molar-refractivity contribution in [3.8, 4) is 5.75 Å². The number of nitrogens with zero attached hydrogens (tertiary/aromatic N) is 2. The van der Waals surface area contributed by atoms with E-state index in [9.17, 15) is 19.7 Å². The molecule has 8 nitrogen and oxygen atoms in total. The molecule has 1 aliphatic heterocycles. The first-order valence-corrected chi connectivity index (χ1v) is 14.3. The molecular formula is C30H40BFN2O6. The van der Waals surface area contributed by atoms with Crippen molar-refractivity contribution in [2.45, 2.75) is 65.3 Å². The van der Waals surface area contributed by atoms with Gasteiger partial charge in [0.15, 0.2) is 18.6 Å². The predicted octanol–water partition coefficient (Wildman–Crippen LogP) is 2.74. The van der Waals surface area contributed by atoms with E-state index in [0.717, 1.165) is 12.0 Å². The third-order valence-corrected chi connectivity index (χ3v) is 10.8. The average molecular weight is 554 g/mol. The number of hydrogen-bond acceptors (Lipinski definition) is 8. The number of carbonyl (C=O) groups excluding carboxylic acids is 2. The number of aliphatic hydroxyl groups is 1. The Morgan fingerprint density at radius 1 is 1.32 bits per heavy atom. The van der Waals surface area contributed by atoms with Crippen LogP contribution in [-0.4, -0.2) is 72.1 Å². The highest BCUT2D eigenvalue weighted by Crippen LogP contribution is 2.65.